The van der Waals surface area contributed by atoms with E-state index >= 15 is 0 Å². The van der Waals surface area contributed by atoms with Gasteiger partial charge in [-0.2, -0.15) is 0 Å². The highest BCUT2D eigenvalue weighted by Crippen LogP contribution is 2.31. The Labute approximate surface area is 207 Å². The minimum atomic E-state index is -3.94. The summed E-state index contributed by atoms with van der Waals surface area (Å²) in [4.78, 5) is 34.9. The van der Waals surface area contributed by atoms with Gasteiger partial charge < -0.3 is 5.32 Å². The van der Waals surface area contributed by atoms with Gasteiger partial charge in [0, 0.05) is 17.1 Å². The van der Waals surface area contributed by atoms with Crippen molar-refractivity contribution in [2.45, 2.75) is 32.6 Å². The van der Waals surface area contributed by atoms with Crippen LogP contribution in [0.5, 0.6) is 0 Å². The molecule has 0 fully saturated rings. The van der Waals surface area contributed by atoms with Gasteiger partial charge in [-0.3, -0.25) is 9.59 Å². The fourth-order valence-corrected chi connectivity index (χ4v) is 4.89. The molecule has 0 saturated carbocycles. The number of aromatic nitrogens is 2. The second-order valence-electron chi connectivity index (χ2n) is 8.21. The summed E-state index contributed by atoms with van der Waals surface area (Å²) in [5.74, 6) is -1.26. The number of nitrogens with one attached hydrogen (secondary N) is 2. The van der Waals surface area contributed by atoms with Gasteiger partial charge in [0.2, 0.25) is 5.95 Å². The second kappa shape index (κ2) is 9.12. The molecule has 1 aromatic heterocycles. The predicted octanol–water partition coefficient (Wildman–Crippen LogP) is 3.95. The average Bonchev–Trinajstić information content (AvgIpc) is 2.95. The second-order valence-corrected chi connectivity index (χ2v) is 10.3. The normalized spacial score (nSPS) is 14.0. The Balaban J connectivity index is 1.54. The number of rotatable bonds is 6. The molecule has 9 nitrogen and oxygen atoms in total. The summed E-state index contributed by atoms with van der Waals surface area (Å²) in [6.07, 6.45) is 0. The quantitative estimate of drug-likeness (QED) is 0.480. The fourth-order valence-electron chi connectivity index (χ4n) is 3.74. The Morgan fingerprint density at radius 3 is 1.97 bits per heavy atom. The number of imide groups is 1. The number of carbonyl (C=O) groups is 2. The van der Waals surface area contributed by atoms with E-state index < -0.39 is 21.8 Å². The SMILES string of the molecule is Cc1cc(C)cc(N2C(=O)C(Cl)=C(Nc3ccc(S(=O)(=O)Nc4nc(C)cc(C)n4)cc3)C2=O)c1. The number of halogens is 1. The van der Waals surface area contributed by atoms with Crippen LogP contribution in [0.25, 0.3) is 0 Å². The van der Waals surface area contributed by atoms with E-state index in [9.17, 15) is 18.0 Å². The van der Waals surface area contributed by atoms with Crippen LogP contribution in [0.15, 0.2) is 64.2 Å². The summed E-state index contributed by atoms with van der Waals surface area (Å²) in [5, 5.41) is 2.59. The van der Waals surface area contributed by atoms with E-state index in [1.54, 1.807) is 32.0 Å². The van der Waals surface area contributed by atoms with Crippen molar-refractivity contribution in [2.75, 3.05) is 14.9 Å². The average molecular weight is 512 g/mol. The third kappa shape index (κ3) is 5.03. The molecule has 1 aliphatic heterocycles. The lowest BCUT2D eigenvalue weighted by atomic mass is 10.1. The molecule has 2 aromatic carbocycles. The van der Waals surface area contributed by atoms with Gasteiger partial charge in [0.1, 0.15) is 10.7 Å². The first-order valence-corrected chi connectivity index (χ1v) is 12.4. The van der Waals surface area contributed by atoms with E-state index in [-0.39, 0.29) is 21.6 Å². The minimum absolute atomic E-state index is 0.0248. The summed E-state index contributed by atoms with van der Waals surface area (Å²) in [5.41, 5.74) is 3.77. The van der Waals surface area contributed by atoms with Gasteiger partial charge in [-0.05, 0) is 81.3 Å². The number of hydrogen-bond acceptors (Lipinski definition) is 7. The molecular weight excluding hydrogens is 490 g/mol. The zero-order chi connectivity index (χ0) is 25.5. The first-order chi connectivity index (χ1) is 16.4. The lowest BCUT2D eigenvalue weighted by Gasteiger charge is -2.16. The van der Waals surface area contributed by atoms with Crippen molar-refractivity contribution in [3.05, 3.63) is 81.8 Å². The maximum absolute atomic E-state index is 13.0. The van der Waals surface area contributed by atoms with Crippen molar-refractivity contribution in [3.63, 3.8) is 0 Å². The number of aryl methyl sites for hydroxylation is 4. The molecule has 2 heterocycles. The number of nitrogens with zero attached hydrogens (tertiary/aromatic N) is 3. The number of hydrogen-bond donors (Lipinski definition) is 2. The highest BCUT2D eigenvalue weighted by molar-refractivity contribution is 7.92. The monoisotopic (exact) mass is 511 g/mol. The maximum Gasteiger partial charge on any atom is 0.283 e. The Hall–Kier alpha value is -3.76. The molecule has 180 valence electrons. The van der Waals surface area contributed by atoms with E-state index in [0.717, 1.165) is 16.0 Å². The van der Waals surface area contributed by atoms with Crippen molar-refractivity contribution in [1.82, 2.24) is 9.97 Å². The number of benzene rings is 2. The molecule has 4 rings (SSSR count). The van der Waals surface area contributed by atoms with Crippen LogP contribution < -0.4 is 14.9 Å². The summed E-state index contributed by atoms with van der Waals surface area (Å²) in [7, 11) is -3.94. The van der Waals surface area contributed by atoms with Crippen molar-refractivity contribution in [2.24, 2.45) is 0 Å². The maximum atomic E-state index is 13.0. The first kappa shape index (κ1) is 24.4. The van der Waals surface area contributed by atoms with E-state index in [0.29, 0.717) is 22.8 Å². The molecule has 0 atom stereocenters. The molecule has 0 bridgehead atoms. The van der Waals surface area contributed by atoms with Crippen LogP contribution in [0, 0.1) is 27.7 Å². The van der Waals surface area contributed by atoms with Gasteiger partial charge in [0.05, 0.1) is 10.6 Å². The number of carbonyl (C=O) groups excluding carboxylic acids is 2. The number of sulfonamides is 1. The van der Waals surface area contributed by atoms with E-state index in [1.807, 2.05) is 19.9 Å². The van der Waals surface area contributed by atoms with Crippen LogP contribution in [0.1, 0.15) is 22.5 Å². The summed E-state index contributed by atoms with van der Waals surface area (Å²) >= 11 is 6.20. The third-order valence-electron chi connectivity index (χ3n) is 5.13. The fraction of sp³-hybridized carbons (Fsp3) is 0.167. The van der Waals surface area contributed by atoms with Crippen molar-refractivity contribution in [3.8, 4) is 0 Å². The Bertz CT molecular complexity index is 1460. The molecule has 0 unspecified atom stereocenters. The highest BCUT2D eigenvalue weighted by atomic mass is 35.5. The summed E-state index contributed by atoms with van der Waals surface area (Å²) < 4.78 is 27.8. The molecular formula is C24H22ClN5O4S. The minimum Gasteiger partial charge on any atom is -0.350 e. The molecule has 11 heteroatoms. The Morgan fingerprint density at radius 2 is 1.40 bits per heavy atom. The standard InChI is InChI=1S/C24H22ClN5O4S/c1-13-9-14(2)11-18(10-13)30-22(31)20(25)21(23(30)32)28-17-5-7-19(8-6-17)35(33,34)29-24-26-15(3)12-16(4)27-24/h5-12,28H,1-4H3,(H,26,27,29). The molecule has 0 aliphatic carbocycles. The molecule has 2 amide bonds. The summed E-state index contributed by atoms with van der Waals surface area (Å²) in [6.45, 7) is 7.21. The van der Waals surface area contributed by atoms with Crippen LogP contribution in [0.4, 0.5) is 17.3 Å². The zero-order valence-corrected chi connectivity index (χ0v) is 21.0. The molecule has 2 N–H and O–H groups in total. The third-order valence-corrected chi connectivity index (χ3v) is 6.83. The van der Waals surface area contributed by atoms with Crippen LogP contribution in [0.2, 0.25) is 0 Å². The first-order valence-electron chi connectivity index (χ1n) is 10.5. The number of anilines is 3. The van der Waals surface area contributed by atoms with Gasteiger partial charge in [-0.25, -0.2) is 28.0 Å². The van der Waals surface area contributed by atoms with Gasteiger partial charge >= 0.3 is 0 Å². The van der Waals surface area contributed by atoms with Crippen molar-refractivity contribution >= 4 is 50.8 Å². The zero-order valence-electron chi connectivity index (χ0n) is 19.4. The molecule has 0 spiro atoms. The lowest BCUT2D eigenvalue weighted by Crippen LogP contribution is -2.32. The van der Waals surface area contributed by atoms with Crippen LogP contribution in [-0.2, 0) is 19.6 Å². The van der Waals surface area contributed by atoms with Gasteiger partial charge in [-0.1, -0.05) is 17.7 Å². The van der Waals surface area contributed by atoms with E-state index in [2.05, 4.69) is 20.0 Å². The Morgan fingerprint density at radius 1 is 0.829 bits per heavy atom. The van der Waals surface area contributed by atoms with Crippen LogP contribution in [0.3, 0.4) is 0 Å². The van der Waals surface area contributed by atoms with Crippen molar-refractivity contribution < 1.29 is 18.0 Å². The van der Waals surface area contributed by atoms with Crippen LogP contribution in [-0.4, -0.2) is 30.2 Å². The smallest absolute Gasteiger partial charge is 0.283 e. The van der Waals surface area contributed by atoms with Crippen molar-refractivity contribution in [1.29, 1.82) is 0 Å². The van der Waals surface area contributed by atoms with Gasteiger partial charge in [0.25, 0.3) is 21.8 Å². The largest absolute Gasteiger partial charge is 0.350 e. The Kier molecular flexibility index (Phi) is 6.35. The van der Waals surface area contributed by atoms with E-state index in [4.69, 9.17) is 11.6 Å². The lowest BCUT2D eigenvalue weighted by molar-refractivity contribution is -0.120. The molecule has 0 saturated heterocycles. The summed E-state index contributed by atoms with van der Waals surface area (Å²) in [6, 6.07) is 12.7. The molecule has 35 heavy (non-hydrogen) atoms. The van der Waals surface area contributed by atoms with Gasteiger partial charge in [0.15, 0.2) is 0 Å². The topological polar surface area (TPSA) is 121 Å². The van der Waals surface area contributed by atoms with Crippen LogP contribution >= 0.6 is 11.6 Å². The molecule has 3 aromatic rings. The van der Waals surface area contributed by atoms with E-state index in [1.165, 1.54) is 24.3 Å². The highest BCUT2D eigenvalue weighted by Gasteiger charge is 2.39. The molecule has 0 radical (unpaired) electrons. The predicted molar refractivity (Wildman–Crippen MR) is 134 cm³/mol. The molecule has 1 aliphatic rings. The number of amides is 2. The van der Waals surface area contributed by atoms with Gasteiger partial charge in [-0.15, -0.1) is 0 Å².